The Kier molecular flexibility index (Phi) is 5.57. The average molecular weight is 296 g/mol. The van der Waals surface area contributed by atoms with E-state index in [2.05, 4.69) is 0 Å². The molecule has 1 aromatic carbocycles. The van der Waals surface area contributed by atoms with Crippen LogP contribution in [-0.4, -0.2) is 31.9 Å². The number of rotatable bonds is 6. The summed E-state index contributed by atoms with van der Waals surface area (Å²) in [5.41, 5.74) is 5.57. The number of benzene rings is 1. The Labute approximate surface area is 122 Å². The molecular weight excluding hydrogens is 272 g/mol. The molecule has 4 nitrogen and oxygen atoms in total. The highest BCUT2D eigenvalue weighted by Gasteiger charge is 2.31. The van der Waals surface area contributed by atoms with Crippen LogP contribution in [0.3, 0.4) is 0 Å². The van der Waals surface area contributed by atoms with Gasteiger partial charge in [-0.3, -0.25) is 0 Å². The predicted octanol–water partition coefficient (Wildman–Crippen LogP) is 2.36. The third-order valence-corrected chi connectivity index (χ3v) is 5.88. The van der Waals surface area contributed by atoms with E-state index in [0.29, 0.717) is 24.4 Å². The van der Waals surface area contributed by atoms with Crippen LogP contribution in [0.1, 0.15) is 38.5 Å². The SMILES string of the molecule is NCCCN(C1CCCCC1)S(=O)(=O)c1ccccc1. The Bertz CT molecular complexity index is 496. The van der Waals surface area contributed by atoms with Crippen molar-refractivity contribution in [2.75, 3.05) is 13.1 Å². The lowest BCUT2D eigenvalue weighted by Gasteiger charge is -2.33. The smallest absolute Gasteiger partial charge is 0.243 e. The summed E-state index contributed by atoms with van der Waals surface area (Å²) in [5.74, 6) is 0. The Morgan fingerprint density at radius 3 is 2.35 bits per heavy atom. The zero-order chi connectivity index (χ0) is 14.4. The van der Waals surface area contributed by atoms with E-state index >= 15 is 0 Å². The van der Waals surface area contributed by atoms with Gasteiger partial charge in [-0.15, -0.1) is 0 Å². The van der Waals surface area contributed by atoms with Gasteiger partial charge < -0.3 is 5.73 Å². The molecule has 0 unspecified atom stereocenters. The fourth-order valence-electron chi connectivity index (χ4n) is 2.84. The van der Waals surface area contributed by atoms with E-state index in [1.54, 1.807) is 28.6 Å². The minimum Gasteiger partial charge on any atom is -0.330 e. The number of hydrogen-bond acceptors (Lipinski definition) is 3. The average Bonchev–Trinajstić information content (AvgIpc) is 2.49. The Hall–Kier alpha value is -0.910. The zero-order valence-electron chi connectivity index (χ0n) is 11.9. The van der Waals surface area contributed by atoms with E-state index in [-0.39, 0.29) is 6.04 Å². The van der Waals surface area contributed by atoms with Crippen molar-refractivity contribution in [2.45, 2.75) is 49.5 Å². The van der Waals surface area contributed by atoms with Gasteiger partial charge in [-0.25, -0.2) is 8.42 Å². The summed E-state index contributed by atoms with van der Waals surface area (Å²) in [5, 5.41) is 0. The quantitative estimate of drug-likeness (QED) is 0.876. The highest BCUT2D eigenvalue weighted by Crippen LogP contribution is 2.27. The molecular formula is C15H24N2O2S. The first kappa shape index (κ1) is 15.5. The first-order valence-corrected chi connectivity index (χ1v) is 8.87. The van der Waals surface area contributed by atoms with Crippen molar-refractivity contribution < 1.29 is 8.42 Å². The van der Waals surface area contributed by atoms with Crippen LogP contribution in [0, 0.1) is 0 Å². The summed E-state index contributed by atoms with van der Waals surface area (Å²) in [6.07, 6.45) is 6.10. The molecule has 1 saturated carbocycles. The molecule has 1 aliphatic rings. The highest BCUT2D eigenvalue weighted by atomic mass is 32.2. The van der Waals surface area contributed by atoms with Gasteiger partial charge in [-0.1, -0.05) is 37.5 Å². The monoisotopic (exact) mass is 296 g/mol. The Morgan fingerprint density at radius 1 is 1.10 bits per heavy atom. The molecule has 20 heavy (non-hydrogen) atoms. The summed E-state index contributed by atoms with van der Waals surface area (Å²) in [6, 6.07) is 8.87. The number of sulfonamides is 1. The van der Waals surface area contributed by atoms with Crippen molar-refractivity contribution in [3.05, 3.63) is 30.3 Å². The molecule has 112 valence electrons. The second kappa shape index (κ2) is 7.20. The van der Waals surface area contributed by atoms with E-state index in [0.717, 1.165) is 25.7 Å². The van der Waals surface area contributed by atoms with Gasteiger partial charge in [-0.2, -0.15) is 4.31 Å². The van der Waals surface area contributed by atoms with Crippen LogP contribution in [0.5, 0.6) is 0 Å². The highest BCUT2D eigenvalue weighted by molar-refractivity contribution is 7.89. The van der Waals surface area contributed by atoms with Crippen LogP contribution in [0.2, 0.25) is 0 Å². The molecule has 1 aromatic rings. The van der Waals surface area contributed by atoms with Crippen molar-refractivity contribution >= 4 is 10.0 Å². The van der Waals surface area contributed by atoms with E-state index in [4.69, 9.17) is 5.73 Å². The minimum absolute atomic E-state index is 0.139. The molecule has 1 aliphatic carbocycles. The lowest BCUT2D eigenvalue weighted by molar-refractivity contribution is 0.252. The number of hydrogen-bond donors (Lipinski definition) is 1. The molecule has 1 fully saturated rings. The summed E-state index contributed by atoms with van der Waals surface area (Å²) >= 11 is 0. The fourth-order valence-corrected chi connectivity index (χ4v) is 4.59. The lowest BCUT2D eigenvalue weighted by atomic mass is 9.95. The second-order valence-corrected chi connectivity index (χ2v) is 7.25. The molecule has 0 aromatic heterocycles. The van der Waals surface area contributed by atoms with E-state index in [1.807, 2.05) is 6.07 Å². The predicted molar refractivity (Wildman–Crippen MR) is 80.9 cm³/mol. The van der Waals surface area contributed by atoms with Gasteiger partial charge in [0.05, 0.1) is 4.90 Å². The minimum atomic E-state index is -3.40. The lowest BCUT2D eigenvalue weighted by Crippen LogP contribution is -2.42. The van der Waals surface area contributed by atoms with Crippen LogP contribution in [-0.2, 0) is 10.0 Å². The van der Waals surface area contributed by atoms with Crippen molar-refractivity contribution in [2.24, 2.45) is 5.73 Å². The van der Waals surface area contributed by atoms with Gasteiger partial charge in [0.15, 0.2) is 0 Å². The van der Waals surface area contributed by atoms with Crippen LogP contribution in [0.25, 0.3) is 0 Å². The summed E-state index contributed by atoms with van der Waals surface area (Å²) in [6.45, 7) is 1.05. The summed E-state index contributed by atoms with van der Waals surface area (Å²) in [7, 11) is -3.40. The molecule has 2 rings (SSSR count). The maximum Gasteiger partial charge on any atom is 0.243 e. The van der Waals surface area contributed by atoms with Crippen molar-refractivity contribution in [1.29, 1.82) is 0 Å². The van der Waals surface area contributed by atoms with E-state index in [1.165, 1.54) is 6.42 Å². The van der Waals surface area contributed by atoms with Crippen molar-refractivity contribution in [3.8, 4) is 0 Å². The molecule has 0 saturated heterocycles. The van der Waals surface area contributed by atoms with Gasteiger partial charge >= 0.3 is 0 Å². The van der Waals surface area contributed by atoms with Crippen LogP contribution < -0.4 is 5.73 Å². The molecule has 0 heterocycles. The molecule has 0 aliphatic heterocycles. The molecule has 5 heteroatoms. The maximum absolute atomic E-state index is 12.8. The number of nitrogens with zero attached hydrogens (tertiary/aromatic N) is 1. The van der Waals surface area contributed by atoms with Crippen LogP contribution in [0.15, 0.2) is 35.2 Å². The zero-order valence-corrected chi connectivity index (χ0v) is 12.7. The van der Waals surface area contributed by atoms with Gasteiger partial charge in [0.1, 0.15) is 0 Å². The third kappa shape index (κ3) is 3.59. The van der Waals surface area contributed by atoms with Crippen LogP contribution in [0.4, 0.5) is 0 Å². The Morgan fingerprint density at radius 2 is 1.75 bits per heavy atom. The molecule has 0 radical (unpaired) electrons. The Balaban J connectivity index is 2.24. The number of nitrogens with two attached hydrogens (primary N) is 1. The van der Waals surface area contributed by atoms with Crippen molar-refractivity contribution in [3.63, 3.8) is 0 Å². The standard InChI is InChI=1S/C15H24N2O2S/c16-12-7-13-17(14-8-3-1-4-9-14)20(18,19)15-10-5-2-6-11-15/h2,5-6,10-11,14H,1,3-4,7-9,12-13,16H2. The first-order valence-electron chi connectivity index (χ1n) is 7.43. The van der Waals surface area contributed by atoms with Crippen LogP contribution >= 0.6 is 0 Å². The molecule has 0 atom stereocenters. The van der Waals surface area contributed by atoms with Gasteiger partial charge in [0, 0.05) is 12.6 Å². The van der Waals surface area contributed by atoms with E-state index < -0.39 is 10.0 Å². The maximum atomic E-state index is 12.8. The van der Waals surface area contributed by atoms with Gasteiger partial charge in [0.25, 0.3) is 0 Å². The summed E-state index contributed by atoms with van der Waals surface area (Å²) in [4.78, 5) is 0.391. The fraction of sp³-hybridized carbons (Fsp3) is 0.600. The largest absolute Gasteiger partial charge is 0.330 e. The van der Waals surface area contributed by atoms with Crippen molar-refractivity contribution in [1.82, 2.24) is 4.31 Å². The normalized spacial score (nSPS) is 17.5. The second-order valence-electron chi connectivity index (χ2n) is 5.36. The van der Waals surface area contributed by atoms with Gasteiger partial charge in [0.2, 0.25) is 10.0 Å². The summed E-state index contributed by atoms with van der Waals surface area (Å²) < 4.78 is 27.3. The first-order chi connectivity index (χ1) is 9.66. The molecule has 0 spiro atoms. The molecule has 2 N–H and O–H groups in total. The van der Waals surface area contributed by atoms with E-state index in [9.17, 15) is 8.42 Å². The van der Waals surface area contributed by atoms with Gasteiger partial charge in [-0.05, 0) is 37.9 Å². The topological polar surface area (TPSA) is 63.4 Å². The molecule has 0 bridgehead atoms. The molecule has 0 amide bonds. The third-order valence-electron chi connectivity index (χ3n) is 3.91.